The SMILES string of the molecule is CC1(C(=O)O)CCC(n2ncc(C(=O)N(CC(=O)c3c(Cl)cncc3Cl)C[C@]34CC[C@@](C)(CC3)O4)c2C(F)(F)F)CC1. The van der Waals surface area contributed by atoms with Crippen LogP contribution in [-0.4, -0.2) is 66.7 Å². The second kappa shape index (κ2) is 10.8. The zero-order valence-electron chi connectivity index (χ0n) is 23.1. The highest BCUT2D eigenvalue weighted by molar-refractivity contribution is 6.39. The number of alkyl halides is 3. The predicted molar refractivity (Wildman–Crippen MR) is 146 cm³/mol. The Bertz CT molecular complexity index is 1390. The summed E-state index contributed by atoms with van der Waals surface area (Å²) in [6.45, 7) is 2.84. The van der Waals surface area contributed by atoms with Gasteiger partial charge in [0.15, 0.2) is 11.5 Å². The lowest BCUT2D eigenvalue weighted by molar-refractivity contribution is -0.152. The van der Waals surface area contributed by atoms with Gasteiger partial charge in [-0.05, 0) is 65.2 Å². The number of carbonyl (C=O) groups is 3. The molecule has 228 valence electrons. The number of hydrogen-bond acceptors (Lipinski definition) is 6. The molecular weight excluding hydrogens is 600 g/mol. The molecule has 3 fully saturated rings. The molecule has 1 amide bonds. The lowest BCUT2D eigenvalue weighted by Gasteiger charge is -2.35. The average Bonchev–Trinajstić information content (AvgIpc) is 3.59. The fourth-order valence-electron chi connectivity index (χ4n) is 6.58. The van der Waals surface area contributed by atoms with Crippen molar-refractivity contribution in [1.29, 1.82) is 0 Å². The van der Waals surface area contributed by atoms with E-state index in [4.69, 9.17) is 27.9 Å². The minimum atomic E-state index is -4.95. The zero-order valence-corrected chi connectivity index (χ0v) is 24.7. The third kappa shape index (κ3) is 5.65. The predicted octanol–water partition coefficient (Wildman–Crippen LogP) is 6.24. The fourth-order valence-corrected chi connectivity index (χ4v) is 7.15. The highest BCUT2D eigenvalue weighted by Crippen LogP contribution is 2.51. The Morgan fingerprint density at radius 3 is 2.14 bits per heavy atom. The van der Waals surface area contributed by atoms with E-state index < -0.39 is 58.7 Å². The van der Waals surface area contributed by atoms with Crippen LogP contribution in [-0.2, 0) is 15.7 Å². The summed E-state index contributed by atoms with van der Waals surface area (Å²) in [5, 5.41) is 13.4. The van der Waals surface area contributed by atoms with Crippen molar-refractivity contribution in [1.82, 2.24) is 19.7 Å². The molecule has 2 aromatic heterocycles. The van der Waals surface area contributed by atoms with E-state index in [9.17, 15) is 32.7 Å². The summed E-state index contributed by atoms with van der Waals surface area (Å²) in [6.07, 6.45) is 1.65. The highest BCUT2D eigenvalue weighted by Gasteiger charge is 2.54. The monoisotopic (exact) mass is 630 g/mol. The van der Waals surface area contributed by atoms with Gasteiger partial charge in [-0.25, -0.2) is 0 Å². The zero-order chi connectivity index (χ0) is 30.7. The number of Topliss-reactive ketones (excluding diaryl/α,β-unsaturated/α-hetero) is 1. The van der Waals surface area contributed by atoms with E-state index in [0.29, 0.717) is 12.8 Å². The summed E-state index contributed by atoms with van der Waals surface area (Å²) >= 11 is 12.3. The maximum absolute atomic E-state index is 14.6. The lowest BCUT2D eigenvalue weighted by atomic mass is 9.74. The van der Waals surface area contributed by atoms with Crippen molar-refractivity contribution in [2.24, 2.45) is 5.41 Å². The van der Waals surface area contributed by atoms with E-state index in [1.807, 2.05) is 6.92 Å². The maximum Gasteiger partial charge on any atom is 0.433 e. The number of carbonyl (C=O) groups excluding carboxylic acids is 2. The van der Waals surface area contributed by atoms with Crippen LogP contribution in [0.5, 0.6) is 0 Å². The average molecular weight is 631 g/mol. The third-order valence-corrected chi connectivity index (χ3v) is 9.70. The number of fused-ring (bicyclic) bond motifs is 2. The van der Waals surface area contributed by atoms with Gasteiger partial charge >= 0.3 is 12.1 Å². The molecule has 2 bridgehead atoms. The van der Waals surface area contributed by atoms with Crippen LogP contribution in [0.15, 0.2) is 18.6 Å². The lowest BCUT2D eigenvalue weighted by Crippen LogP contribution is -2.47. The number of carboxylic acids is 1. The van der Waals surface area contributed by atoms with E-state index >= 15 is 0 Å². The van der Waals surface area contributed by atoms with Gasteiger partial charge in [-0.2, -0.15) is 18.3 Å². The summed E-state index contributed by atoms with van der Waals surface area (Å²) in [6, 6.07) is -0.743. The summed E-state index contributed by atoms with van der Waals surface area (Å²) in [5.74, 6) is -2.68. The van der Waals surface area contributed by atoms with Crippen molar-refractivity contribution >= 4 is 40.9 Å². The maximum atomic E-state index is 14.6. The van der Waals surface area contributed by atoms with Crippen LogP contribution in [0.4, 0.5) is 13.2 Å². The molecule has 0 spiro atoms. The molecule has 0 radical (unpaired) electrons. The van der Waals surface area contributed by atoms with E-state index in [1.54, 1.807) is 6.92 Å². The standard InChI is InChI=1S/C28H31Cl2F3N4O5/c1-25(24(40)41)5-3-16(4-6-25)37-22(28(31,32)33)17(11-35-37)23(39)36(15-27-9-7-26(2,42-27)8-10-27)14-20(38)21-18(29)12-34-13-19(21)30/h11-13,16H,3-10,14-15H2,1-2H3,(H,40,41)/t16?,25?,26-,27-. The molecule has 5 rings (SSSR count). The number of aromatic nitrogens is 3. The molecule has 0 unspecified atom stereocenters. The smallest absolute Gasteiger partial charge is 0.433 e. The quantitative estimate of drug-likeness (QED) is 0.343. The summed E-state index contributed by atoms with van der Waals surface area (Å²) < 4.78 is 50.8. The van der Waals surface area contributed by atoms with Crippen LogP contribution in [0.1, 0.15) is 97.7 Å². The Labute approximate surface area is 250 Å². The Morgan fingerprint density at radius 1 is 1.05 bits per heavy atom. The van der Waals surface area contributed by atoms with Crippen molar-refractivity contribution in [2.45, 2.75) is 88.6 Å². The first-order chi connectivity index (χ1) is 19.6. The molecular formula is C28H31Cl2F3N4O5. The van der Waals surface area contributed by atoms with E-state index in [2.05, 4.69) is 10.1 Å². The van der Waals surface area contributed by atoms with Crippen LogP contribution < -0.4 is 0 Å². The number of nitrogens with zero attached hydrogens (tertiary/aromatic N) is 4. The molecule has 1 aliphatic carbocycles. The van der Waals surface area contributed by atoms with Gasteiger partial charge in [-0.1, -0.05) is 23.2 Å². The van der Waals surface area contributed by atoms with Gasteiger partial charge < -0.3 is 14.7 Å². The molecule has 4 heterocycles. The van der Waals surface area contributed by atoms with Crippen molar-refractivity contribution in [3.63, 3.8) is 0 Å². The van der Waals surface area contributed by atoms with Gasteiger partial charge in [0, 0.05) is 12.4 Å². The number of amides is 1. The molecule has 1 saturated carbocycles. The number of hydrogen-bond donors (Lipinski definition) is 1. The van der Waals surface area contributed by atoms with Gasteiger partial charge in [-0.3, -0.25) is 24.0 Å². The molecule has 42 heavy (non-hydrogen) atoms. The van der Waals surface area contributed by atoms with Gasteiger partial charge in [0.1, 0.15) is 0 Å². The van der Waals surface area contributed by atoms with E-state index in [0.717, 1.165) is 28.6 Å². The fraction of sp³-hybridized carbons (Fsp3) is 0.607. The molecule has 2 saturated heterocycles. The van der Waals surface area contributed by atoms with Crippen LogP contribution in [0.3, 0.4) is 0 Å². The second-order valence-corrected chi connectivity index (χ2v) is 13.1. The number of carboxylic acid groups (broad SMARTS) is 1. The van der Waals surface area contributed by atoms with Crippen LogP contribution >= 0.6 is 23.2 Å². The Hall–Kier alpha value is -2.70. The van der Waals surface area contributed by atoms with Crippen molar-refractivity contribution in [2.75, 3.05) is 13.1 Å². The number of ether oxygens (including phenoxy) is 1. The van der Waals surface area contributed by atoms with Gasteiger partial charge in [0.25, 0.3) is 5.91 Å². The number of pyridine rings is 1. The highest BCUT2D eigenvalue weighted by atomic mass is 35.5. The normalized spacial score (nSPS) is 29.1. The first-order valence-corrected chi connectivity index (χ1v) is 14.5. The van der Waals surface area contributed by atoms with Gasteiger partial charge in [0.05, 0.1) is 63.1 Å². The molecule has 0 atom stereocenters. The summed E-state index contributed by atoms with van der Waals surface area (Å²) in [5.41, 5.74) is -4.22. The Morgan fingerprint density at radius 2 is 1.64 bits per heavy atom. The first kappa shape index (κ1) is 30.7. The minimum Gasteiger partial charge on any atom is -0.481 e. The second-order valence-electron chi connectivity index (χ2n) is 12.2. The third-order valence-electron chi connectivity index (χ3n) is 9.13. The molecule has 1 N–H and O–H groups in total. The molecule has 3 aliphatic rings. The summed E-state index contributed by atoms with van der Waals surface area (Å²) in [4.78, 5) is 43.9. The summed E-state index contributed by atoms with van der Waals surface area (Å²) in [7, 11) is 0. The number of aliphatic carboxylic acids is 1. The van der Waals surface area contributed by atoms with Crippen LogP contribution in [0.2, 0.25) is 10.0 Å². The molecule has 2 aromatic rings. The Kier molecular flexibility index (Phi) is 7.89. The number of ketones is 1. The van der Waals surface area contributed by atoms with Gasteiger partial charge in [0.2, 0.25) is 0 Å². The van der Waals surface area contributed by atoms with Crippen molar-refractivity contribution in [3.05, 3.63) is 45.5 Å². The largest absolute Gasteiger partial charge is 0.481 e. The topological polar surface area (TPSA) is 115 Å². The van der Waals surface area contributed by atoms with Gasteiger partial charge in [-0.15, -0.1) is 0 Å². The van der Waals surface area contributed by atoms with Crippen LogP contribution in [0, 0.1) is 5.41 Å². The molecule has 9 nitrogen and oxygen atoms in total. The first-order valence-electron chi connectivity index (χ1n) is 13.8. The number of halogens is 5. The van der Waals surface area contributed by atoms with Crippen LogP contribution in [0.25, 0.3) is 0 Å². The van der Waals surface area contributed by atoms with Crippen molar-refractivity contribution < 1.29 is 37.4 Å². The van der Waals surface area contributed by atoms with E-state index in [-0.39, 0.29) is 53.4 Å². The van der Waals surface area contributed by atoms with E-state index in [1.165, 1.54) is 12.4 Å². The Balaban J connectivity index is 1.49. The minimum absolute atomic E-state index is 0.0434. The number of rotatable bonds is 8. The van der Waals surface area contributed by atoms with Crippen molar-refractivity contribution in [3.8, 4) is 0 Å². The molecule has 2 aliphatic heterocycles. The molecule has 14 heteroatoms. The molecule has 0 aromatic carbocycles.